The molecule has 0 unspecified atom stereocenters. The fourth-order valence-corrected chi connectivity index (χ4v) is 5.44. The molecule has 152 valence electrons. The normalized spacial score (nSPS) is 14.6. The van der Waals surface area contributed by atoms with E-state index >= 15 is 0 Å². The van der Waals surface area contributed by atoms with E-state index < -0.39 is 0 Å². The van der Waals surface area contributed by atoms with Gasteiger partial charge in [-0.05, 0) is 56.2 Å². The second-order valence-electron chi connectivity index (χ2n) is 7.68. The van der Waals surface area contributed by atoms with Gasteiger partial charge in [0.05, 0.1) is 10.2 Å². The van der Waals surface area contributed by atoms with Gasteiger partial charge in [0.2, 0.25) is 5.91 Å². The van der Waals surface area contributed by atoms with Gasteiger partial charge in [-0.25, -0.2) is 4.98 Å². The van der Waals surface area contributed by atoms with Crippen LogP contribution in [0.1, 0.15) is 23.1 Å². The van der Waals surface area contributed by atoms with Crippen molar-refractivity contribution in [2.45, 2.75) is 32.1 Å². The number of thiazole rings is 1. The molecule has 0 N–H and O–H groups in total. The summed E-state index contributed by atoms with van der Waals surface area (Å²) in [6.07, 6.45) is 0.595. The average Bonchev–Trinajstić information content (AvgIpc) is 3.12. The van der Waals surface area contributed by atoms with Gasteiger partial charge in [-0.3, -0.25) is 4.79 Å². The summed E-state index contributed by atoms with van der Waals surface area (Å²) in [5.41, 5.74) is 4.95. The minimum atomic E-state index is 0.264. The van der Waals surface area contributed by atoms with Gasteiger partial charge in [0.1, 0.15) is 0 Å². The van der Waals surface area contributed by atoms with Crippen molar-refractivity contribution in [3.8, 4) is 0 Å². The number of hydrogen-bond donors (Lipinski definition) is 0. The average molecular weight is 426 g/mol. The van der Waals surface area contributed by atoms with E-state index in [0.29, 0.717) is 6.42 Å². The number of benzene rings is 2. The predicted molar refractivity (Wildman–Crippen MR) is 124 cm³/mol. The lowest BCUT2D eigenvalue weighted by molar-refractivity contribution is -0.131. The minimum absolute atomic E-state index is 0.264. The van der Waals surface area contributed by atoms with Crippen molar-refractivity contribution in [3.63, 3.8) is 0 Å². The summed E-state index contributed by atoms with van der Waals surface area (Å²) in [7, 11) is 0. The lowest BCUT2D eigenvalue weighted by Crippen LogP contribution is -2.48. The summed E-state index contributed by atoms with van der Waals surface area (Å²) < 4.78 is 1.25. The highest BCUT2D eigenvalue weighted by molar-refractivity contribution is 7.99. The van der Waals surface area contributed by atoms with Crippen LogP contribution in [0.15, 0.2) is 41.3 Å². The molecule has 1 saturated heterocycles. The molecule has 6 heteroatoms. The maximum Gasteiger partial charge on any atom is 0.223 e. The van der Waals surface area contributed by atoms with E-state index in [1.165, 1.54) is 26.3 Å². The number of nitrogens with zero attached hydrogens (tertiary/aromatic N) is 3. The molecule has 4 nitrogen and oxygen atoms in total. The van der Waals surface area contributed by atoms with Gasteiger partial charge in [0.25, 0.3) is 0 Å². The Morgan fingerprint density at radius 1 is 1.03 bits per heavy atom. The first-order valence-corrected chi connectivity index (χ1v) is 11.9. The molecule has 0 radical (unpaired) electrons. The Hall–Kier alpha value is -2.05. The molecule has 0 bridgehead atoms. The first kappa shape index (κ1) is 20.2. The Labute approximate surface area is 180 Å². The SMILES string of the molecule is Cc1ccc(SCCC(=O)N2CCN(c3nc4cc(C)c(C)cc4s3)CC2)cc1. The van der Waals surface area contributed by atoms with Gasteiger partial charge in [-0.15, -0.1) is 11.8 Å². The number of aryl methyl sites for hydroxylation is 3. The smallest absolute Gasteiger partial charge is 0.223 e. The molecular weight excluding hydrogens is 398 g/mol. The first-order valence-electron chi connectivity index (χ1n) is 10.1. The number of anilines is 1. The Morgan fingerprint density at radius 2 is 1.72 bits per heavy atom. The van der Waals surface area contributed by atoms with E-state index in [1.807, 2.05) is 4.90 Å². The molecule has 0 atom stereocenters. The second kappa shape index (κ2) is 8.76. The number of hydrogen-bond acceptors (Lipinski definition) is 5. The zero-order valence-corrected chi connectivity index (χ0v) is 18.9. The molecule has 1 aliphatic rings. The highest BCUT2D eigenvalue weighted by Crippen LogP contribution is 2.31. The lowest BCUT2D eigenvalue weighted by atomic mass is 10.1. The quantitative estimate of drug-likeness (QED) is 0.536. The zero-order valence-electron chi connectivity index (χ0n) is 17.3. The van der Waals surface area contributed by atoms with Crippen molar-refractivity contribution >= 4 is 44.4 Å². The van der Waals surface area contributed by atoms with Gasteiger partial charge in [-0.1, -0.05) is 29.0 Å². The fraction of sp³-hybridized carbons (Fsp3) is 0.391. The Balaban J connectivity index is 1.28. The molecule has 2 aromatic carbocycles. The summed E-state index contributed by atoms with van der Waals surface area (Å²) in [5, 5.41) is 1.08. The molecule has 3 aromatic rings. The van der Waals surface area contributed by atoms with Crippen LogP contribution in [-0.2, 0) is 4.79 Å². The molecular formula is C23H27N3OS2. The molecule has 29 heavy (non-hydrogen) atoms. The molecule has 0 aliphatic carbocycles. The van der Waals surface area contributed by atoms with Gasteiger partial charge in [0.15, 0.2) is 5.13 Å². The van der Waals surface area contributed by atoms with Crippen LogP contribution in [0.5, 0.6) is 0 Å². The number of piperazine rings is 1. The number of rotatable bonds is 5. The van der Waals surface area contributed by atoms with Crippen LogP contribution in [-0.4, -0.2) is 47.7 Å². The van der Waals surface area contributed by atoms with Crippen LogP contribution in [0, 0.1) is 20.8 Å². The van der Waals surface area contributed by atoms with Crippen molar-refractivity contribution in [3.05, 3.63) is 53.1 Å². The number of fused-ring (bicyclic) bond motifs is 1. The monoisotopic (exact) mass is 425 g/mol. The Bertz CT molecular complexity index is 966. The van der Waals surface area contributed by atoms with Crippen LogP contribution >= 0.6 is 23.1 Å². The second-order valence-corrected chi connectivity index (χ2v) is 9.86. The highest BCUT2D eigenvalue weighted by atomic mass is 32.2. The largest absolute Gasteiger partial charge is 0.345 e. The molecule has 0 spiro atoms. The summed E-state index contributed by atoms with van der Waals surface area (Å²) in [6, 6.07) is 12.9. The Kier molecular flexibility index (Phi) is 6.11. The predicted octanol–water partition coefficient (Wildman–Crippen LogP) is 5.05. The number of aromatic nitrogens is 1. The van der Waals surface area contributed by atoms with Crippen LogP contribution in [0.3, 0.4) is 0 Å². The number of amides is 1. The molecule has 0 saturated carbocycles. The van der Waals surface area contributed by atoms with E-state index in [-0.39, 0.29) is 5.91 Å². The zero-order chi connectivity index (χ0) is 20.4. The molecule has 2 heterocycles. The van der Waals surface area contributed by atoms with Gasteiger partial charge in [0, 0.05) is 43.2 Å². The van der Waals surface area contributed by atoms with E-state index in [1.54, 1.807) is 23.1 Å². The summed E-state index contributed by atoms with van der Waals surface area (Å²) in [6.45, 7) is 9.65. The first-order chi connectivity index (χ1) is 14.0. The maximum absolute atomic E-state index is 12.6. The van der Waals surface area contributed by atoms with E-state index in [4.69, 9.17) is 4.98 Å². The van der Waals surface area contributed by atoms with Crippen molar-refractivity contribution in [2.24, 2.45) is 0 Å². The summed E-state index contributed by atoms with van der Waals surface area (Å²) in [5.74, 6) is 1.10. The maximum atomic E-state index is 12.6. The topological polar surface area (TPSA) is 36.4 Å². The van der Waals surface area contributed by atoms with Gasteiger partial charge < -0.3 is 9.80 Å². The van der Waals surface area contributed by atoms with Crippen molar-refractivity contribution in [1.82, 2.24) is 9.88 Å². The Morgan fingerprint density at radius 3 is 2.45 bits per heavy atom. The van der Waals surface area contributed by atoms with Crippen LogP contribution in [0.2, 0.25) is 0 Å². The highest BCUT2D eigenvalue weighted by Gasteiger charge is 2.23. The number of carbonyl (C=O) groups excluding carboxylic acids is 1. The van der Waals surface area contributed by atoms with E-state index in [9.17, 15) is 4.79 Å². The lowest BCUT2D eigenvalue weighted by Gasteiger charge is -2.34. The van der Waals surface area contributed by atoms with Crippen LogP contribution in [0.25, 0.3) is 10.2 Å². The van der Waals surface area contributed by atoms with Gasteiger partial charge >= 0.3 is 0 Å². The molecule has 1 fully saturated rings. The van der Waals surface area contributed by atoms with E-state index in [0.717, 1.165) is 42.6 Å². The van der Waals surface area contributed by atoms with Crippen LogP contribution < -0.4 is 4.90 Å². The van der Waals surface area contributed by atoms with Crippen molar-refractivity contribution in [1.29, 1.82) is 0 Å². The third-order valence-electron chi connectivity index (χ3n) is 5.50. The fourth-order valence-electron chi connectivity index (χ4n) is 3.50. The molecule has 1 aromatic heterocycles. The summed E-state index contributed by atoms with van der Waals surface area (Å²) >= 11 is 3.51. The van der Waals surface area contributed by atoms with Crippen molar-refractivity contribution < 1.29 is 4.79 Å². The third-order valence-corrected chi connectivity index (χ3v) is 7.59. The van der Waals surface area contributed by atoms with Gasteiger partial charge in [-0.2, -0.15) is 0 Å². The number of carbonyl (C=O) groups is 1. The standard InChI is InChI=1S/C23H27N3OS2/c1-16-4-6-19(7-5-16)28-13-8-22(27)25-9-11-26(12-10-25)23-24-20-14-17(2)18(3)15-21(20)29-23/h4-7,14-15H,8-13H2,1-3H3. The molecule has 1 aliphatic heterocycles. The molecule has 1 amide bonds. The van der Waals surface area contributed by atoms with Crippen LogP contribution in [0.4, 0.5) is 5.13 Å². The van der Waals surface area contributed by atoms with Crippen molar-refractivity contribution in [2.75, 3.05) is 36.8 Å². The minimum Gasteiger partial charge on any atom is -0.345 e. The molecule has 4 rings (SSSR count). The van der Waals surface area contributed by atoms with E-state index in [2.05, 4.69) is 62.1 Å². The summed E-state index contributed by atoms with van der Waals surface area (Å²) in [4.78, 5) is 23.0. The number of thioether (sulfide) groups is 1. The third kappa shape index (κ3) is 4.75.